The van der Waals surface area contributed by atoms with Gasteiger partial charge in [0.25, 0.3) is 0 Å². The number of aromatic nitrogens is 2. The lowest BCUT2D eigenvalue weighted by Crippen LogP contribution is -1.76. The fraction of sp³-hybridized carbons (Fsp3) is 0.0909. The number of pyridine rings is 2. The van der Waals surface area contributed by atoms with E-state index in [0.29, 0.717) is 0 Å². The highest BCUT2D eigenvalue weighted by molar-refractivity contribution is 8.42. The normalized spacial score (nSPS) is 17.4. The highest BCUT2D eigenvalue weighted by atomic mass is 32.3. The molecule has 2 aliphatic heterocycles. The smallest absolute Gasteiger partial charge is 0.0717 e. The third-order valence-electron chi connectivity index (χ3n) is 3.95. The van der Waals surface area contributed by atoms with E-state index < -0.39 is 0 Å². The van der Waals surface area contributed by atoms with Gasteiger partial charge in [0.2, 0.25) is 0 Å². The van der Waals surface area contributed by atoms with Gasteiger partial charge in [0.15, 0.2) is 0 Å². The van der Waals surface area contributed by atoms with Gasteiger partial charge < -0.3 is 0 Å². The van der Waals surface area contributed by atoms with Gasteiger partial charge in [-0.05, 0) is 47.9 Å². The first kappa shape index (κ1) is 22.3. The fourth-order valence-corrected chi connectivity index (χ4v) is 10.3. The third kappa shape index (κ3) is 5.66. The third-order valence-corrected chi connectivity index (χ3v) is 12.2. The number of thioether (sulfide) groups is 6. The van der Waals surface area contributed by atoms with Gasteiger partial charge in [-0.25, -0.2) is 0 Å². The summed E-state index contributed by atoms with van der Waals surface area (Å²) in [5, 5.41) is 0. The van der Waals surface area contributed by atoms with Crippen LogP contribution in [0.3, 0.4) is 0 Å². The van der Waals surface area contributed by atoms with Crippen molar-refractivity contribution in [3.05, 3.63) is 99.1 Å². The van der Waals surface area contributed by atoms with Gasteiger partial charge in [-0.15, -0.1) is 23.5 Å². The van der Waals surface area contributed by atoms with Gasteiger partial charge in [0, 0.05) is 34.6 Å². The van der Waals surface area contributed by atoms with Gasteiger partial charge in [-0.3, -0.25) is 9.97 Å². The quantitative estimate of drug-likeness (QED) is 0.389. The first-order valence-corrected chi connectivity index (χ1v) is 14.7. The molecule has 0 spiro atoms. The standard InChI is InChI=1S/C22H18N2S6/c1-25-19-20(26-2)30-22(29-19)21-27-17(9-7-15-5-3-11-23-13-15)18(28-21)10-8-16-6-4-12-24-14-16/h3-14H,1-2H3/b9-7+,10-8+. The Morgan fingerprint density at radius 3 is 1.53 bits per heavy atom. The molecule has 2 aromatic heterocycles. The average molecular weight is 503 g/mol. The summed E-state index contributed by atoms with van der Waals surface area (Å²) in [7, 11) is 0. The molecule has 2 aromatic rings. The largest absolute Gasteiger partial charge is 0.264 e. The molecule has 8 heteroatoms. The number of hydrogen-bond acceptors (Lipinski definition) is 8. The summed E-state index contributed by atoms with van der Waals surface area (Å²) >= 11 is 11.2. The van der Waals surface area contributed by atoms with Crippen LogP contribution >= 0.6 is 70.6 Å². The van der Waals surface area contributed by atoms with E-state index in [-0.39, 0.29) is 0 Å². The van der Waals surface area contributed by atoms with Crippen molar-refractivity contribution in [2.24, 2.45) is 0 Å². The van der Waals surface area contributed by atoms with Crippen molar-refractivity contribution in [1.82, 2.24) is 9.97 Å². The maximum Gasteiger partial charge on any atom is 0.0717 e. The van der Waals surface area contributed by atoms with E-state index in [2.05, 4.69) is 58.9 Å². The molecule has 0 bridgehead atoms. The van der Waals surface area contributed by atoms with Crippen LogP contribution in [0.15, 0.2) is 88.0 Å². The van der Waals surface area contributed by atoms with Crippen molar-refractivity contribution in [3.63, 3.8) is 0 Å². The Balaban J connectivity index is 1.61. The van der Waals surface area contributed by atoms with Crippen LogP contribution in [0.4, 0.5) is 0 Å². The molecule has 0 amide bonds. The predicted octanol–water partition coefficient (Wildman–Crippen LogP) is 8.35. The second-order valence-corrected chi connectivity index (χ2v) is 12.7. The molecule has 0 radical (unpaired) electrons. The van der Waals surface area contributed by atoms with Gasteiger partial charge in [0.05, 0.1) is 16.9 Å². The Bertz CT molecular complexity index is 974. The Hall–Kier alpha value is -0.900. The van der Waals surface area contributed by atoms with E-state index in [1.165, 1.54) is 26.8 Å². The minimum atomic E-state index is 1.10. The van der Waals surface area contributed by atoms with Crippen LogP contribution in [0.25, 0.3) is 12.2 Å². The Morgan fingerprint density at radius 2 is 1.13 bits per heavy atom. The van der Waals surface area contributed by atoms with Gasteiger partial charge in [0.1, 0.15) is 0 Å². The molecule has 152 valence electrons. The second kappa shape index (κ2) is 11.1. The van der Waals surface area contributed by atoms with Gasteiger partial charge >= 0.3 is 0 Å². The Labute approximate surface area is 203 Å². The first-order chi connectivity index (χ1) is 14.8. The van der Waals surface area contributed by atoms with Crippen molar-refractivity contribution >= 4 is 82.7 Å². The Morgan fingerprint density at radius 1 is 0.667 bits per heavy atom. The summed E-state index contributed by atoms with van der Waals surface area (Å²) in [5.74, 6) is 0. The van der Waals surface area contributed by atoms with E-state index in [1.807, 2.05) is 95.1 Å². The predicted molar refractivity (Wildman–Crippen MR) is 145 cm³/mol. The molecular formula is C22H18N2S6. The number of allylic oxidation sites excluding steroid dienone is 2. The molecule has 0 aromatic carbocycles. The van der Waals surface area contributed by atoms with Crippen molar-refractivity contribution in [2.45, 2.75) is 0 Å². The van der Waals surface area contributed by atoms with Crippen molar-refractivity contribution in [3.8, 4) is 0 Å². The van der Waals surface area contributed by atoms with Crippen LogP contribution in [0.5, 0.6) is 0 Å². The molecule has 0 aliphatic carbocycles. The summed E-state index contributed by atoms with van der Waals surface area (Å²) in [6.45, 7) is 0. The molecule has 0 fully saturated rings. The van der Waals surface area contributed by atoms with E-state index in [0.717, 1.165) is 11.1 Å². The molecular weight excluding hydrogens is 485 g/mol. The zero-order valence-electron chi connectivity index (χ0n) is 16.3. The van der Waals surface area contributed by atoms with E-state index >= 15 is 0 Å². The monoisotopic (exact) mass is 502 g/mol. The SMILES string of the molecule is CSC1=C(SC)SC(=C2SC(/C=C/c3cccnc3)=C(/C=C/c3cccnc3)S2)S1. The lowest BCUT2D eigenvalue weighted by molar-refractivity contribution is 1.32. The molecule has 0 saturated carbocycles. The maximum absolute atomic E-state index is 4.21. The number of nitrogens with zero attached hydrogens (tertiary/aromatic N) is 2. The molecule has 4 rings (SSSR count). The van der Waals surface area contributed by atoms with Crippen molar-refractivity contribution in [2.75, 3.05) is 12.5 Å². The Kier molecular flexibility index (Phi) is 8.26. The fourth-order valence-electron chi connectivity index (χ4n) is 2.54. The van der Waals surface area contributed by atoms with Gasteiger partial charge in [-0.1, -0.05) is 71.3 Å². The molecule has 0 atom stereocenters. The van der Waals surface area contributed by atoms with Crippen molar-refractivity contribution < 1.29 is 0 Å². The lowest BCUT2D eigenvalue weighted by Gasteiger charge is -2.01. The second-order valence-electron chi connectivity index (χ2n) is 5.93. The lowest BCUT2D eigenvalue weighted by atomic mass is 10.2. The molecule has 2 aliphatic rings. The van der Waals surface area contributed by atoms with Gasteiger partial charge in [-0.2, -0.15) is 0 Å². The zero-order chi connectivity index (χ0) is 20.8. The molecule has 0 unspecified atom stereocenters. The topological polar surface area (TPSA) is 25.8 Å². The molecule has 4 heterocycles. The van der Waals surface area contributed by atoms with Crippen LogP contribution in [-0.2, 0) is 0 Å². The summed E-state index contributed by atoms with van der Waals surface area (Å²) < 4.78 is 5.55. The summed E-state index contributed by atoms with van der Waals surface area (Å²) in [6, 6.07) is 8.08. The maximum atomic E-state index is 4.21. The highest BCUT2D eigenvalue weighted by Gasteiger charge is 2.28. The summed E-state index contributed by atoms with van der Waals surface area (Å²) in [4.78, 5) is 10.9. The van der Waals surface area contributed by atoms with Crippen LogP contribution < -0.4 is 0 Å². The minimum Gasteiger partial charge on any atom is -0.264 e. The van der Waals surface area contributed by atoms with Crippen LogP contribution in [-0.4, -0.2) is 22.5 Å². The zero-order valence-corrected chi connectivity index (χ0v) is 21.2. The van der Waals surface area contributed by atoms with Crippen LogP contribution in [0.1, 0.15) is 11.1 Å². The summed E-state index contributed by atoms with van der Waals surface area (Å²) in [6.07, 6.45) is 20.4. The van der Waals surface area contributed by atoms with Crippen molar-refractivity contribution in [1.29, 1.82) is 0 Å². The molecule has 2 nitrogen and oxygen atoms in total. The summed E-state index contributed by atoms with van der Waals surface area (Å²) in [5.41, 5.74) is 2.21. The average Bonchev–Trinajstić information content (AvgIpc) is 3.41. The molecule has 30 heavy (non-hydrogen) atoms. The van der Waals surface area contributed by atoms with E-state index in [9.17, 15) is 0 Å². The highest BCUT2D eigenvalue weighted by Crippen LogP contribution is 2.63. The van der Waals surface area contributed by atoms with E-state index in [1.54, 1.807) is 12.4 Å². The molecule has 0 N–H and O–H groups in total. The minimum absolute atomic E-state index is 1.10. The first-order valence-electron chi connectivity index (χ1n) is 8.95. The molecule has 0 saturated heterocycles. The van der Waals surface area contributed by atoms with E-state index in [4.69, 9.17) is 0 Å². The van der Waals surface area contributed by atoms with Crippen LogP contribution in [0, 0.1) is 0 Å². The van der Waals surface area contributed by atoms with Crippen LogP contribution in [0.2, 0.25) is 0 Å². The number of hydrogen-bond donors (Lipinski definition) is 0. The number of rotatable bonds is 6.